The Morgan fingerprint density at radius 3 is 2.67 bits per heavy atom. The number of likely N-dealkylation sites (N-methyl/N-ethyl adjacent to an activating group) is 1. The zero-order valence-corrected chi connectivity index (χ0v) is 6.19. The van der Waals surface area contributed by atoms with Crippen LogP contribution in [0.3, 0.4) is 0 Å². The Labute approximate surface area is 58.2 Å². The average Bonchev–Trinajstić information content (AvgIpc) is 1.91. The highest BCUT2D eigenvalue weighted by Gasteiger charge is 1.96. The van der Waals surface area contributed by atoms with Crippen LogP contribution in [0.1, 0.15) is 19.3 Å². The van der Waals surface area contributed by atoms with Crippen molar-refractivity contribution < 1.29 is 0 Å². The van der Waals surface area contributed by atoms with Crippen molar-refractivity contribution >= 4 is 0 Å². The summed E-state index contributed by atoms with van der Waals surface area (Å²) < 4.78 is 0. The van der Waals surface area contributed by atoms with Gasteiger partial charge >= 0.3 is 0 Å². The maximum absolute atomic E-state index is 3.76. The predicted octanol–water partition coefficient (Wildman–Crippen LogP) is 1.76. The quantitative estimate of drug-likeness (QED) is 0.553. The van der Waals surface area contributed by atoms with Crippen molar-refractivity contribution in [3.05, 3.63) is 19.6 Å². The number of nitrogens with one attached hydrogen (secondary N) is 1. The van der Waals surface area contributed by atoms with E-state index in [1.54, 1.807) is 0 Å². The molecule has 1 N–H and O–H groups in total. The molecular formula is C8H16N. The van der Waals surface area contributed by atoms with E-state index in [1.807, 2.05) is 13.1 Å². The van der Waals surface area contributed by atoms with E-state index in [1.165, 1.54) is 6.42 Å². The van der Waals surface area contributed by atoms with Crippen LogP contribution in [0.4, 0.5) is 0 Å². The van der Waals surface area contributed by atoms with Gasteiger partial charge in [0.1, 0.15) is 0 Å². The highest BCUT2D eigenvalue weighted by atomic mass is 14.8. The first kappa shape index (κ1) is 8.70. The summed E-state index contributed by atoms with van der Waals surface area (Å²) in [7, 11) is 1.95. The number of hydrogen-bond acceptors (Lipinski definition) is 1. The van der Waals surface area contributed by atoms with Crippen LogP contribution < -0.4 is 5.32 Å². The lowest BCUT2D eigenvalue weighted by Gasteiger charge is -2.08. The second-order valence-electron chi connectivity index (χ2n) is 2.13. The zero-order chi connectivity index (χ0) is 7.11. The molecule has 9 heavy (non-hydrogen) atoms. The summed E-state index contributed by atoms with van der Waals surface area (Å²) in [5, 5.41) is 3.14. The minimum absolute atomic E-state index is 0.478. The summed E-state index contributed by atoms with van der Waals surface area (Å²) in [6.07, 6.45) is 5.29. The second kappa shape index (κ2) is 5.83. The third kappa shape index (κ3) is 4.22. The van der Waals surface area contributed by atoms with Gasteiger partial charge in [-0.2, -0.15) is 0 Å². The van der Waals surface area contributed by atoms with Gasteiger partial charge in [-0.15, -0.1) is 6.58 Å². The topological polar surface area (TPSA) is 12.0 Å². The third-order valence-corrected chi connectivity index (χ3v) is 1.42. The van der Waals surface area contributed by atoms with Crippen LogP contribution in [0.25, 0.3) is 0 Å². The average molecular weight is 126 g/mol. The fraction of sp³-hybridized carbons (Fsp3) is 0.625. The molecule has 0 aliphatic rings. The lowest BCUT2D eigenvalue weighted by Crippen LogP contribution is -2.21. The van der Waals surface area contributed by atoms with Crippen LogP contribution in [-0.4, -0.2) is 13.1 Å². The molecule has 0 aromatic heterocycles. The van der Waals surface area contributed by atoms with Gasteiger partial charge in [-0.05, 0) is 13.5 Å². The lowest BCUT2D eigenvalue weighted by atomic mass is 10.1. The molecule has 1 nitrogen and oxygen atoms in total. The Morgan fingerprint density at radius 1 is 1.67 bits per heavy atom. The van der Waals surface area contributed by atoms with Crippen molar-refractivity contribution in [2.45, 2.75) is 25.3 Å². The summed E-state index contributed by atoms with van der Waals surface area (Å²) in [5.74, 6) is 0. The number of unbranched alkanes of at least 4 members (excludes halogenated alkanes) is 1. The summed E-state index contributed by atoms with van der Waals surface area (Å²) in [6.45, 7) is 7.47. The van der Waals surface area contributed by atoms with Crippen LogP contribution in [0, 0.1) is 6.92 Å². The fourth-order valence-corrected chi connectivity index (χ4v) is 0.744. The van der Waals surface area contributed by atoms with E-state index in [-0.39, 0.29) is 0 Å². The van der Waals surface area contributed by atoms with Crippen molar-refractivity contribution in [1.29, 1.82) is 0 Å². The van der Waals surface area contributed by atoms with Crippen molar-refractivity contribution in [3.63, 3.8) is 0 Å². The van der Waals surface area contributed by atoms with Gasteiger partial charge in [0.2, 0.25) is 0 Å². The Morgan fingerprint density at radius 2 is 2.33 bits per heavy atom. The second-order valence-corrected chi connectivity index (χ2v) is 2.13. The molecule has 0 rings (SSSR count). The molecule has 0 aliphatic heterocycles. The SMILES string of the molecule is [CH2]CCCC(C=C)NC. The van der Waals surface area contributed by atoms with E-state index >= 15 is 0 Å². The Balaban J connectivity index is 3.20. The van der Waals surface area contributed by atoms with E-state index in [4.69, 9.17) is 0 Å². The van der Waals surface area contributed by atoms with Gasteiger partial charge in [0.05, 0.1) is 0 Å². The molecule has 1 radical (unpaired) electrons. The molecule has 0 saturated heterocycles. The summed E-state index contributed by atoms with van der Waals surface area (Å²) in [6, 6.07) is 0.478. The van der Waals surface area contributed by atoms with E-state index < -0.39 is 0 Å². The number of rotatable bonds is 5. The smallest absolute Gasteiger partial charge is 0.0244 e. The zero-order valence-electron chi connectivity index (χ0n) is 6.19. The van der Waals surface area contributed by atoms with Crippen LogP contribution in [0.15, 0.2) is 12.7 Å². The van der Waals surface area contributed by atoms with Gasteiger partial charge in [-0.3, -0.25) is 0 Å². The van der Waals surface area contributed by atoms with Gasteiger partial charge < -0.3 is 5.32 Å². The Kier molecular flexibility index (Phi) is 5.64. The highest BCUT2D eigenvalue weighted by molar-refractivity contribution is 4.83. The maximum atomic E-state index is 3.76. The van der Waals surface area contributed by atoms with Crippen LogP contribution in [0.5, 0.6) is 0 Å². The molecule has 1 unspecified atom stereocenters. The van der Waals surface area contributed by atoms with Crippen molar-refractivity contribution in [2.75, 3.05) is 7.05 Å². The molecule has 0 aromatic carbocycles. The molecule has 0 fully saturated rings. The Hall–Kier alpha value is -0.300. The van der Waals surface area contributed by atoms with E-state index in [9.17, 15) is 0 Å². The third-order valence-electron chi connectivity index (χ3n) is 1.42. The number of hydrogen-bond donors (Lipinski definition) is 1. The molecular weight excluding hydrogens is 110 g/mol. The van der Waals surface area contributed by atoms with Gasteiger partial charge in [-0.1, -0.05) is 25.8 Å². The van der Waals surface area contributed by atoms with Gasteiger partial charge in [-0.25, -0.2) is 0 Å². The molecule has 0 aromatic rings. The standard InChI is InChI=1S/C8H16N/c1-4-6-7-8(5-2)9-3/h5,8-9H,1-2,4,6-7H2,3H3. The van der Waals surface area contributed by atoms with E-state index in [0.29, 0.717) is 6.04 Å². The van der Waals surface area contributed by atoms with E-state index in [0.717, 1.165) is 12.8 Å². The normalized spacial score (nSPS) is 13.1. The van der Waals surface area contributed by atoms with Gasteiger partial charge in [0.25, 0.3) is 0 Å². The first-order valence-corrected chi connectivity index (χ1v) is 3.44. The van der Waals surface area contributed by atoms with Crippen molar-refractivity contribution in [1.82, 2.24) is 5.32 Å². The molecule has 0 amide bonds. The first-order chi connectivity index (χ1) is 4.35. The summed E-state index contributed by atoms with van der Waals surface area (Å²) in [4.78, 5) is 0. The van der Waals surface area contributed by atoms with Crippen LogP contribution >= 0.6 is 0 Å². The summed E-state index contributed by atoms with van der Waals surface area (Å²) >= 11 is 0. The molecule has 0 heterocycles. The fourth-order valence-electron chi connectivity index (χ4n) is 0.744. The van der Waals surface area contributed by atoms with Gasteiger partial charge in [0, 0.05) is 6.04 Å². The molecule has 0 saturated carbocycles. The van der Waals surface area contributed by atoms with Crippen LogP contribution in [-0.2, 0) is 0 Å². The lowest BCUT2D eigenvalue weighted by molar-refractivity contribution is 0.589. The predicted molar refractivity (Wildman–Crippen MR) is 42.3 cm³/mol. The highest BCUT2D eigenvalue weighted by Crippen LogP contribution is 1.99. The Bertz CT molecular complexity index is 69.0. The first-order valence-electron chi connectivity index (χ1n) is 3.44. The monoisotopic (exact) mass is 126 g/mol. The molecule has 0 aliphatic carbocycles. The molecule has 53 valence electrons. The van der Waals surface area contributed by atoms with Gasteiger partial charge in [0.15, 0.2) is 0 Å². The molecule has 0 spiro atoms. The minimum Gasteiger partial charge on any atom is -0.314 e. The maximum Gasteiger partial charge on any atom is 0.0244 e. The summed E-state index contributed by atoms with van der Waals surface area (Å²) in [5.41, 5.74) is 0. The van der Waals surface area contributed by atoms with Crippen molar-refractivity contribution in [3.8, 4) is 0 Å². The van der Waals surface area contributed by atoms with Crippen molar-refractivity contribution in [2.24, 2.45) is 0 Å². The molecule has 0 bridgehead atoms. The minimum atomic E-state index is 0.478. The molecule has 1 heteroatoms. The molecule has 1 atom stereocenters. The van der Waals surface area contributed by atoms with E-state index in [2.05, 4.69) is 18.8 Å². The van der Waals surface area contributed by atoms with Crippen LogP contribution in [0.2, 0.25) is 0 Å². The largest absolute Gasteiger partial charge is 0.314 e.